The van der Waals surface area contributed by atoms with Crippen LogP contribution in [0.15, 0.2) is 103 Å². The smallest absolute Gasteiger partial charge is 0.407 e. The molecule has 330 valence electrons. The van der Waals surface area contributed by atoms with Crippen LogP contribution in [0.4, 0.5) is 4.79 Å². The summed E-state index contributed by atoms with van der Waals surface area (Å²) in [6.07, 6.45) is 7.20. The molecule has 3 saturated heterocycles. The highest BCUT2D eigenvalue weighted by molar-refractivity contribution is 5.92. The number of fused-ring (bicyclic) bond motifs is 1. The lowest BCUT2D eigenvalue weighted by molar-refractivity contribution is -0.140. The fourth-order valence-corrected chi connectivity index (χ4v) is 9.37. The number of ether oxygens (including phenoxy) is 2. The number of benzene rings is 4. The molecule has 3 aliphatic rings. The van der Waals surface area contributed by atoms with Crippen molar-refractivity contribution >= 4 is 34.6 Å². The fraction of sp³-hybridized carbons (Fsp3) is 0.360. The number of likely N-dealkylation sites (tertiary alicyclic amines) is 2. The Morgan fingerprint density at radius 3 is 1.88 bits per heavy atom. The molecule has 5 heterocycles. The van der Waals surface area contributed by atoms with Gasteiger partial charge in [0.25, 0.3) is 0 Å². The lowest BCUT2D eigenvalue weighted by Crippen LogP contribution is -2.51. The largest absolute Gasteiger partial charge is 0.453 e. The molecule has 2 aromatic heterocycles. The Balaban J connectivity index is 0.867. The molecule has 2 unspecified atom stereocenters. The van der Waals surface area contributed by atoms with Crippen LogP contribution in [0.25, 0.3) is 44.4 Å². The number of carbonyl (C=O) groups excluding carboxylic acids is 4. The number of carbonyl (C=O) groups is 4. The van der Waals surface area contributed by atoms with Crippen LogP contribution in [0.3, 0.4) is 0 Å². The van der Waals surface area contributed by atoms with Gasteiger partial charge in [-0.15, -0.1) is 0 Å². The highest BCUT2D eigenvalue weighted by atomic mass is 16.5. The molecule has 6 aromatic rings. The van der Waals surface area contributed by atoms with Gasteiger partial charge in [0.05, 0.1) is 43.0 Å². The third-order valence-corrected chi connectivity index (χ3v) is 12.9. The van der Waals surface area contributed by atoms with Crippen molar-refractivity contribution < 1.29 is 28.7 Å². The van der Waals surface area contributed by atoms with Crippen molar-refractivity contribution in [3.63, 3.8) is 0 Å². The number of aromatic nitrogens is 4. The Bertz CT molecular complexity index is 2640. The van der Waals surface area contributed by atoms with E-state index in [9.17, 15) is 19.2 Å². The molecule has 0 bridgehead atoms. The summed E-state index contributed by atoms with van der Waals surface area (Å²) in [5, 5.41) is 7.90. The van der Waals surface area contributed by atoms with E-state index in [0.29, 0.717) is 26.1 Å². The molecular weight excluding hydrogens is 809 g/mol. The van der Waals surface area contributed by atoms with Gasteiger partial charge in [0.2, 0.25) is 17.7 Å². The van der Waals surface area contributed by atoms with E-state index in [2.05, 4.69) is 81.3 Å². The summed E-state index contributed by atoms with van der Waals surface area (Å²) >= 11 is 0. The summed E-state index contributed by atoms with van der Waals surface area (Å²) in [4.78, 5) is 73.2. The maximum atomic E-state index is 14.2. The van der Waals surface area contributed by atoms with Gasteiger partial charge in [0, 0.05) is 25.3 Å². The molecule has 4 amide bonds. The molecule has 0 radical (unpaired) electrons. The zero-order valence-corrected chi connectivity index (χ0v) is 36.4. The number of nitrogens with one attached hydrogen (secondary N) is 4. The summed E-state index contributed by atoms with van der Waals surface area (Å²) in [5.74, 6) is 0.799. The quantitative estimate of drug-likeness (QED) is 0.0957. The van der Waals surface area contributed by atoms with Crippen molar-refractivity contribution in [1.82, 2.24) is 40.4 Å². The number of imidazole rings is 2. The predicted molar refractivity (Wildman–Crippen MR) is 242 cm³/mol. The van der Waals surface area contributed by atoms with Gasteiger partial charge in [-0.25, -0.2) is 14.8 Å². The second kappa shape index (κ2) is 18.5. The van der Waals surface area contributed by atoms with Gasteiger partial charge in [-0.3, -0.25) is 14.4 Å². The normalized spacial score (nSPS) is 19.5. The molecule has 0 spiro atoms. The minimum atomic E-state index is -0.821. The zero-order valence-electron chi connectivity index (χ0n) is 36.4. The van der Waals surface area contributed by atoms with Crippen molar-refractivity contribution in [3.05, 3.63) is 121 Å². The number of nitrogens with zero attached hydrogens (tertiary/aromatic N) is 4. The first kappa shape index (κ1) is 42.5. The van der Waals surface area contributed by atoms with Gasteiger partial charge in [-0.05, 0) is 89.6 Å². The van der Waals surface area contributed by atoms with E-state index in [1.165, 1.54) is 7.11 Å². The SMILES string of the molecule is COC(=O)NC(C(=O)N1CCC[C@H]1c1ncc(-c2ccc3cc(-c4ccc(-c5cnc([C@@H]6CCCN6C(=O)C(NC(=O)[C@H]6CCCO6)c6ccccc6)[nH]5)cc4)ccc3c2)[nH]1)C(C)C. The van der Waals surface area contributed by atoms with Crippen LogP contribution < -0.4 is 10.6 Å². The zero-order chi connectivity index (χ0) is 44.3. The van der Waals surface area contributed by atoms with Gasteiger partial charge < -0.3 is 39.9 Å². The lowest BCUT2D eigenvalue weighted by Gasteiger charge is -2.30. The lowest BCUT2D eigenvalue weighted by atomic mass is 9.98. The van der Waals surface area contributed by atoms with Gasteiger partial charge >= 0.3 is 6.09 Å². The molecule has 64 heavy (non-hydrogen) atoms. The summed E-state index contributed by atoms with van der Waals surface area (Å²) < 4.78 is 10.4. The Labute approximate surface area is 372 Å². The molecular formula is C50H54N8O6. The average molecular weight is 863 g/mol. The Hall–Kier alpha value is -6.80. The highest BCUT2D eigenvalue weighted by Gasteiger charge is 2.39. The second-order valence-corrected chi connectivity index (χ2v) is 17.3. The number of amides is 4. The van der Waals surface area contributed by atoms with Crippen LogP contribution >= 0.6 is 0 Å². The van der Waals surface area contributed by atoms with Crippen molar-refractivity contribution in [2.45, 2.75) is 82.6 Å². The van der Waals surface area contributed by atoms with Crippen LogP contribution in [-0.2, 0) is 23.9 Å². The maximum absolute atomic E-state index is 14.2. The number of aromatic amines is 2. The maximum Gasteiger partial charge on any atom is 0.407 e. The van der Waals surface area contributed by atoms with Gasteiger partial charge in [0.1, 0.15) is 29.8 Å². The molecule has 5 atom stereocenters. The predicted octanol–water partition coefficient (Wildman–Crippen LogP) is 8.03. The number of methoxy groups -OCH3 is 1. The number of H-pyrrole nitrogens is 2. The molecule has 14 heteroatoms. The van der Waals surface area contributed by atoms with E-state index in [0.717, 1.165) is 93.7 Å². The summed E-state index contributed by atoms with van der Waals surface area (Å²) in [7, 11) is 1.29. The van der Waals surface area contributed by atoms with E-state index < -0.39 is 24.3 Å². The molecule has 4 N–H and O–H groups in total. The monoisotopic (exact) mass is 862 g/mol. The molecule has 14 nitrogen and oxygen atoms in total. The van der Waals surface area contributed by atoms with Gasteiger partial charge in [0.15, 0.2) is 0 Å². The topological polar surface area (TPSA) is 175 Å². The number of hydrogen-bond acceptors (Lipinski definition) is 8. The van der Waals surface area contributed by atoms with E-state index in [4.69, 9.17) is 19.4 Å². The Morgan fingerprint density at radius 2 is 1.27 bits per heavy atom. The third-order valence-electron chi connectivity index (χ3n) is 12.9. The minimum absolute atomic E-state index is 0.108. The van der Waals surface area contributed by atoms with Crippen LogP contribution in [0.1, 0.15) is 87.7 Å². The molecule has 3 aliphatic heterocycles. The Kier molecular flexibility index (Phi) is 12.3. The van der Waals surface area contributed by atoms with E-state index >= 15 is 0 Å². The third kappa shape index (κ3) is 8.74. The van der Waals surface area contributed by atoms with E-state index in [1.54, 1.807) is 0 Å². The van der Waals surface area contributed by atoms with Crippen molar-refractivity contribution in [2.75, 3.05) is 26.8 Å². The summed E-state index contributed by atoms with van der Waals surface area (Å²) in [6, 6.07) is 28.6. The number of hydrogen-bond donors (Lipinski definition) is 4. The fourth-order valence-electron chi connectivity index (χ4n) is 9.37. The number of rotatable bonds is 12. The first-order valence-electron chi connectivity index (χ1n) is 22.3. The number of alkyl carbamates (subject to hydrolysis) is 1. The van der Waals surface area contributed by atoms with E-state index in [1.807, 2.05) is 66.4 Å². The molecule has 0 aliphatic carbocycles. The first-order valence-corrected chi connectivity index (χ1v) is 22.3. The van der Waals surface area contributed by atoms with Gasteiger partial charge in [-0.2, -0.15) is 0 Å². The van der Waals surface area contributed by atoms with E-state index in [-0.39, 0.29) is 35.7 Å². The molecule has 4 aromatic carbocycles. The first-order chi connectivity index (χ1) is 31.1. The van der Waals surface area contributed by atoms with Crippen LogP contribution in [0, 0.1) is 5.92 Å². The Morgan fingerprint density at radius 1 is 0.688 bits per heavy atom. The summed E-state index contributed by atoms with van der Waals surface area (Å²) in [5.41, 5.74) is 6.61. The van der Waals surface area contributed by atoms with Crippen LogP contribution in [0.5, 0.6) is 0 Å². The summed E-state index contributed by atoms with van der Waals surface area (Å²) in [6.45, 7) is 5.53. The standard InChI is InChI=1S/C50H54N8O6/c1-30(2)43(56-50(62)63-3)48(60)57-23-7-12-40(57)46-52-29-39(54-46)37-22-21-35-26-34(19-20-36(35)27-37)31-15-17-32(18-16-31)38-28-51-45(53-38)41-13-8-24-58(41)49(61)44(33-10-5-4-6-11-33)55-47(59)42-14-9-25-64-42/h4-6,10-11,15-22,26-30,40-44H,7-9,12-14,23-25H2,1-3H3,(H,51,53)(H,52,54)(H,55,59)(H,56,62)/t40-,41-,42+,43?,44?/m0/s1. The molecule has 3 fully saturated rings. The van der Waals surface area contributed by atoms with Crippen LogP contribution in [0.2, 0.25) is 0 Å². The van der Waals surface area contributed by atoms with Crippen LogP contribution in [-0.4, -0.2) is 92.5 Å². The highest BCUT2D eigenvalue weighted by Crippen LogP contribution is 2.36. The molecule has 9 rings (SSSR count). The molecule has 0 saturated carbocycles. The van der Waals surface area contributed by atoms with Crippen molar-refractivity contribution in [1.29, 1.82) is 0 Å². The van der Waals surface area contributed by atoms with Gasteiger partial charge in [-0.1, -0.05) is 92.7 Å². The van der Waals surface area contributed by atoms with Crippen molar-refractivity contribution in [2.24, 2.45) is 5.92 Å². The average Bonchev–Trinajstić information content (AvgIpc) is 4.19. The second-order valence-electron chi connectivity index (χ2n) is 17.3. The van der Waals surface area contributed by atoms with Crippen molar-refractivity contribution in [3.8, 4) is 33.6 Å². The minimum Gasteiger partial charge on any atom is -0.453 e.